The summed E-state index contributed by atoms with van der Waals surface area (Å²) in [5, 5.41) is 0. The largest absolute Gasteiger partial charge is 0.341 e. The first-order chi connectivity index (χ1) is 10.1. The van der Waals surface area contributed by atoms with Crippen LogP contribution < -0.4 is 10.6 Å². The summed E-state index contributed by atoms with van der Waals surface area (Å²) in [6.45, 7) is 5.44. The van der Waals surface area contributed by atoms with E-state index in [-0.39, 0.29) is 24.9 Å². The Kier molecular flexibility index (Phi) is 7.46. The van der Waals surface area contributed by atoms with Crippen molar-refractivity contribution in [3.8, 4) is 0 Å². The fraction of sp³-hybridized carbons (Fsp3) is 0.500. The van der Waals surface area contributed by atoms with Crippen molar-refractivity contribution < 1.29 is 9.59 Å². The Hall–Kier alpha value is -1.88. The Morgan fingerprint density at radius 3 is 2.05 bits per heavy atom. The number of carbonyl (C=O) groups is 2. The maximum Gasteiger partial charge on any atom is 0.242 e. The number of rotatable bonds is 8. The maximum absolute atomic E-state index is 12.4. The molecular weight excluding hydrogens is 266 g/mol. The van der Waals surface area contributed by atoms with Crippen molar-refractivity contribution in [1.29, 1.82) is 0 Å². The van der Waals surface area contributed by atoms with Crippen molar-refractivity contribution in [2.45, 2.75) is 26.7 Å². The topological polar surface area (TPSA) is 66.6 Å². The second-order valence-electron chi connectivity index (χ2n) is 4.90. The van der Waals surface area contributed by atoms with Gasteiger partial charge in [-0.1, -0.05) is 32.0 Å². The molecular formula is C16H25N3O2. The first kappa shape index (κ1) is 17.2. The monoisotopic (exact) mass is 291 g/mol. The van der Waals surface area contributed by atoms with E-state index >= 15 is 0 Å². The van der Waals surface area contributed by atoms with E-state index in [1.165, 1.54) is 4.90 Å². The van der Waals surface area contributed by atoms with Crippen LogP contribution in [0.1, 0.15) is 26.7 Å². The van der Waals surface area contributed by atoms with Crippen LogP contribution in [0.25, 0.3) is 0 Å². The number of nitrogens with two attached hydrogens (primary N) is 1. The van der Waals surface area contributed by atoms with Crippen molar-refractivity contribution in [2.24, 2.45) is 5.73 Å². The predicted molar refractivity (Wildman–Crippen MR) is 85.0 cm³/mol. The molecule has 5 heteroatoms. The average molecular weight is 291 g/mol. The van der Waals surface area contributed by atoms with Gasteiger partial charge < -0.3 is 15.5 Å². The van der Waals surface area contributed by atoms with Crippen LogP contribution in [-0.4, -0.2) is 42.9 Å². The van der Waals surface area contributed by atoms with Crippen molar-refractivity contribution in [3.05, 3.63) is 30.3 Å². The lowest BCUT2D eigenvalue weighted by Gasteiger charge is -2.27. The molecule has 2 N–H and O–H groups in total. The Labute approximate surface area is 126 Å². The molecule has 0 unspecified atom stereocenters. The van der Waals surface area contributed by atoms with Gasteiger partial charge in [-0.05, 0) is 25.0 Å². The summed E-state index contributed by atoms with van der Waals surface area (Å²) in [5.41, 5.74) is 6.17. The standard InChI is InChI=1S/C16H25N3O2/c1-3-10-18(11-4-2)16(21)13-19(15(20)12-17)14-8-6-5-7-9-14/h5-9H,3-4,10-13,17H2,1-2H3. The molecule has 0 heterocycles. The van der Waals surface area contributed by atoms with Gasteiger partial charge >= 0.3 is 0 Å². The summed E-state index contributed by atoms with van der Waals surface area (Å²) < 4.78 is 0. The molecule has 1 aromatic carbocycles. The molecule has 0 aromatic heterocycles. The number of nitrogens with zero attached hydrogens (tertiary/aromatic N) is 2. The molecule has 0 saturated heterocycles. The molecule has 21 heavy (non-hydrogen) atoms. The van der Waals surface area contributed by atoms with Gasteiger partial charge in [-0.2, -0.15) is 0 Å². The predicted octanol–water partition coefficient (Wildman–Crippen LogP) is 1.63. The Morgan fingerprint density at radius 2 is 1.57 bits per heavy atom. The van der Waals surface area contributed by atoms with Crippen LogP contribution in [-0.2, 0) is 9.59 Å². The normalized spacial score (nSPS) is 10.2. The van der Waals surface area contributed by atoms with Crippen molar-refractivity contribution in [1.82, 2.24) is 4.90 Å². The maximum atomic E-state index is 12.4. The van der Waals surface area contributed by atoms with Crippen LogP contribution in [0.3, 0.4) is 0 Å². The quantitative estimate of drug-likeness (QED) is 0.791. The van der Waals surface area contributed by atoms with Crippen molar-refractivity contribution >= 4 is 17.5 Å². The lowest BCUT2D eigenvalue weighted by atomic mass is 10.2. The summed E-state index contributed by atoms with van der Waals surface area (Å²) in [7, 11) is 0. The van der Waals surface area contributed by atoms with Gasteiger partial charge in [0.25, 0.3) is 0 Å². The minimum Gasteiger partial charge on any atom is -0.341 e. The Bertz CT molecular complexity index is 442. The van der Waals surface area contributed by atoms with E-state index < -0.39 is 0 Å². The van der Waals surface area contributed by atoms with Gasteiger partial charge in [0.15, 0.2) is 0 Å². The number of hydrogen-bond donors (Lipinski definition) is 1. The molecule has 0 fully saturated rings. The zero-order chi connectivity index (χ0) is 15.7. The number of para-hydroxylation sites is 1. The van der Waals surface area contributed by atoms with E-state index in [1.54, 1.807) is 4.90 Å². The van der Waals surface area contributed by atoms with Crippen molar-refractivity contribution in [3.63, 3.8) is 0 Å². The minimum absolute atomic E-state index is 0.0376. The number of carbonyl (C=O) groups excluding carboxylic acids is 2. The molecule has 116 valence electrons. The first-order valence-electron chi connectivity index (χ1n) is 7.47. The molecule has 0 saturated carbocycles. The lowest BCUT2D eigenvalue weighted by Crippen LogP contribution is -2.45. The molecule has 2 amide bonds. The molecule has 0 spiro atoms. The van der Waals surface area contributed by atoms with E-state index in [1.807, 2.05) is 44.2 Å². The van der Waals surface area contributed by atoms with E-state index in [4.69, 9.17) is 5.73 Å². The molecule has 0 radical (unpaired) electrons. The van der Waals surface area contributed by atoms with Gasteiger partial charge in [-0.3, -0.25) is 9.59 Å². The first-order valence-corrected chi connectivity index (χ1v) is 7.47. The smallest absolute Gasteiger partial charge is 0.242 e. The fourth-order valence-electron chi connectivity index (χ4n) is 2.18. The third-order valence-corrected chi connectivity index (χ3v) is 3.18. The highest BCUT2D eigenvalue weighted by atomic mass is 16.2. The van der Waals surface area contributed by atoms with Crippen LogP contribution in [0.2, 0.25) is 0 Å². The molecule has 1 rings (SSSR count). The van der Waals surface area contributed by atoms with Crippen LogP contribution in [0.15, 0.2) is 30.3 Å². The fourth-order valence-corrected chi connectivity index (χ4v) is 2.18. The Balaban J connectivity index is 2.86. The molecule has 0 atom stereocenters. The Morgan fingerprint density at radius 1 is 1.00 bits per heavy atom. The highest BCUT2D eigenvalue weighted by Gasteiger charge is 2.20. The highest BCUT2D eigenvalue weighted by molar-refractivity contribution is 5.99. The van der Waals surface area contributed by atoms with Gasteiger partial charge in [0, 0.05) is 18.8 Å². The van der Waals surface area contributed by atoms with Gasteiger partial charge in [0.05, 0.1) is 6.54 Å². The number of hydrogen-bond acceptors (Lipinski definition) is 3. The zero-order valence-corrected chi connectivity index (χ0v) is 12.9. The van der Waals surface area contributed by atoms with Crippen molar-refractivity contribution in [2.75, 3.05) is 31.1 Å². The third-order valence-electron chi connectivity index (χ3n) is 3.18. The molecule has 0 aliphatic rings. The van der Waals surface area contributed by atoms with Crippen LogP contribution in [0.5, 0.6) is 0 Å². The van der Waals surface area contributed by atoms with E-state index in [0.717, 1.165) is 12.8 Å². The molecule has 0 aliphatic carbocycles. The summed E-state index contributed by atoms with van der Waals surface area (Å²) in [5.74, 6) is -0.285. The summed E-state index contributed by atoms with van der Waals surface area (Å²) in [6.07, 6.45) is 1.81. The molecule has 5 nitrogen and oxygen atoms in total. The molecule has 0 bridgehead atoms. The van der Waals surface area contributed by atoms with E-state index in [0.29, 0.717) is 18.8 Å². The number of benzene rings is 1. The SMILES string of the molecule is CCCN(CCC)C(=O)CN(C(=O)CN)c1ccccc1. The zero-order valence-electron chi connectivity index (χ0n) is 12.9. The second kappa shape index (κ2) is 9.13. The highest BCUT2D eigenvalue weighted by Crippen LogP contribution is 2.13. The summed E-state index contributed by atoms with van der Waals surface area (Å²) >= 11 is 0. The van der Waals surface area contributed by atoms with Crippen LogP contribution in [0, 0.1) is 0 Å². The lowest BCUT2D eigenvalue weighted by molar-refractivity contribution is -0.131. The summed E-state index contributed by atoms with van der Waals surface area (Å²) in [4.78, 5) is 27.7. The number of anilines is 1. The van der Waals surface area contributed by atoms with Gasteiger partial charge in [-0.15, -0.1) is 0 Å². The van der Waals surface area contributed by atoms with E-state index in [2.05, 4.69) is 0 Å². The van der Waals surface area contributed by atoms with Crippen LogP contribution in [0.4, 0.5) is 5.69 Å². The summed E-state index contributed by atoms with van der Waals surface area (Å²) in [6, 6.07) is 9.17. The van der Waals surface area contributed by atoms with Gasteiger partial charge in [-0.25, -0.2) is 0 Å². The van der Waals surface area contributed by atoms with Gasteiger partial charge in [0.1, 0.15) is 6.54 Å². The molecule has 1 aromatic rings. The molecule has 0 aliphatic heterocycles. The van der Waals surface area contributed by atoms with Gasteiger partial charge in [0.2, 0.25) is 11.8 Å². The van der Waals surface area contributed by atoms with Crippen LogP contribution >= 0.6 is 0 Å². The third kappa shape index (κ3) is 5.19. The number of amides is 2. The average Bonchev–Trinajstić information content (AvgIpc) is 2.52. The van der Waals surface area contributed by atoms with E-state index in [9.17, 15) is 9.59 Å². The minimum atomic E-state index is -0.248. The second-order valence-corrected chi connectivity index (χ2v) is 4.90.